The van der Waals surface area contributed by atoms with Gasteiger partial charge in [0, 0.05) is 10.6 Å². The lowest BCUT2D eigenvalue weighted by molar-refractivity contribution is 0.0937. The summed E-state index contributed by atoms with van der Waals surface area (Å²) in [5.41, 5.74) is 1.66. The molecule has 1 atom stereocenters. The molecule has 0 heterocycles. The smallest absolute Gasteiger partial charge is 0.251 e. The number of hydrogen-bond acceptors (Lipinski definition) is 1. The van der Waals surface area contributed by atoms with E-state index in [1.54, 1.807) is 18.2 Å². The zero-order valence-electron chi connectivity index (χ0n) is 11.1. The quantitative estimate of drug-likeness (QED) is 0.811. The predicted molar refractivity (Wildman–Crippen MR) is 82.9 cm³/mol. The van der Waals surface area contributed by atoms with Gasteiger partial charge in [-0.3, -0.25) is 4.79 Å². The van der Waals surface area contributed by atoms with Crippen LogP contribution in [0.1, 0.15) is 28.4 Å². The van der Waals surface area contributed by atoms with Crippen LogP contribution in [0.15, 0.2) is 67.3 Å². The highest BCUT2D eigenvalue weighted by Crippen LogP contribution is 2.20. The molecule has 0 fully saturated rings. The van der Waals surface area contributed by atoms with Crippen molar-refractivity contribution in [3.05, 3.63) is 83.4 Å². The third kappa shape index (κ3) is 3.72. The summed E-state index contributed by atoms with van der Waals surface area (Å²) in [6.45, 7) is 3.75. The molecule has 2 aromatic carbocycles. The van der Waals surface area contributed by atoms with Crippen LogP contribution >= 0.6 is 11.6 Å². The minimum Gasteiger partial charge on any atom is -0.345 e. The van der Waals surface area contributed by atoms with Crippen molar-refractivity contribution in [2.24, 2.45) is 0 Å². The Hall–Kier alpha value is -2.06. The van der Waals surface area contributed by atoms with Crippen molar-refractivity contribution in [2.75, 3.05) is 0 Å². The van der Waals surface area contributed by atoms with Gasteiger partial charge in [-0.15, -0.1) is 6.58 Å². The van der Waals surface area contributed by atoms with E-state index in [0.29, 0.717) is 17.0 Å². The number of hydrogen-bond donors (Lipinski definition) is 1. The molecule has 0 unspecified atom stereocenters. The molecule has 0 aromatic heterocycles. The Morgan fingerprint density at radius 2 is 1.80 bits per heavy atom. The van der Waals surface area contributed by atoms with Crippen LogP contribution in [0.3, 0.4) is 0 Å². The van der Waals surface area contributed by atoms with Gasteiger partial charge in [0.15, 0.2) is 0 Å². The maximum atomic E-state index is 12.2. The topological polar surface area (TPSA) is 29.1 Å². The van der Waals surface area contributed by atoms with Crippen LogP contribution < -0.4 is 5.32 Å². The van der Waals surface area contributed by atoms with E-state index in [1.165, 1.54) is 0 Å². The molecule has 0 saturated heterocycles. The third-order valence-corrected chi connectivity index (χ3v) is 3.27. The molecule has 0 aliphatic heterocycles. The first-order valence-corrected chi connectivity index (χ1v) is 6.81. The van der Waals surface area contributed by atoms with E-state index >= 15 is 0 Å². The zero-order valence-corrected chi connectivity index (χ0v) is 11.8. The maximum Gasteiger partial charge on any atom is 0.251 e. The van der Waals surface area contributed by atoms with Crippen molar-refractivity contribution in [1.29, 1.82) is 0 Å². The fourth-order valence-electron chi connectivity index (χ4n) is 1.97. The van der Waals surface area contributed by atoms with Crippen molar-refractivity contribution in [3.8, 4) is 0 Å². The average molecular weight is 286 g/mol. The van der Waals surface area contributed by atoms with E-state index in [1.807, 2.05) is 42.5 Å². The van der Waals surface area contributed by atoms with Crippen LogP contribution in [0.5, 0.6) is 0 Å². The fourth-order valence-corrected chi connectivity index (χ4v) is 2.10. The van der Waals surface area contributed by atoms with Gasteiger partial charge in [0.25, 0.3) is 5.91 Å². The normalized spacial score (nSPS) is 11.7. The van der Waals surface area contributed by atoms with Gasteiger partial charge >= 0.3 is 0 Å². The second-order valence-corrected chi connectivity index (χ2v) is 4.90. The Bertz CT molecular complexity index is 578. The summed E-state index contributed by atoms with van der Waals surface area (Å²) in [6, 6.07) is 16.5. The first-order chi connectivity index (χ1) is 9.70. The SMILES string of the molecule is C=CC[C@H](NC(=O)c1ccccc1)c1ccc(Cl)cc1. The summed E-state index contributed by atoms with van der Waals surface area (Å²) in [7, 11) is 0. The Kier molecular flexibility index (Phi) is 4.97. The van der Waals surface area contributed by atoms with Gasteiger partial charge < -0.3 is 5.32 Å². The van der Waals surface area contributed by atoms with Crippen LogP contribution in [-0.4, -0.2) is 5.91 Å². The summed E-state index contributed by atoms with van der Waals surface area (Å²) in [6.07, 6.45) is 2.46. The summed E-state index contributed by atoms with van der Waals surface area (Å²) < 4.78 is 0. The molecule has 20 heavy (non-hydrogen) atoms. The first-order valence-electron chi connectivity index (χ1n) is 6.43. The summed E-state index contributed by atoms with van der Waals surface area (Å²) >= 11 is 5.89. The highest BCUT2D eigenvalue weighted by molar-refractivity contribution is 6.30. The van der Waals surface area contributed by atoms with Gasteiger partial charge in [0.2, 0.25) is 0 Å². The molecule has 1 amide bonds. The Balaban J connectivity index is 2.15. The predicted octanol–water partition coefficient (Wildman–Crippen LogP) is 4.39. The van der Waals surface area contributed by atoms with Gasteiger partial charge in [-0.1, -0.05) is 48.0 Å². The Morgan fingerprint density at radius 3 is 2.40 bits per heavy atom. The van der Waals surface area contributed by atoms with Crippen molar-refractivity contribution >= 4 is 17.5 Å². The largest absolute Gasteiger partial charge is 0.345 e. The molecule has 0 saturated carbocycles. The number of halogens is 1. The third-order valence-electron chi connectivity index (χ3n) is 3.02. The van der Waals surface area contributed by atoms with E-state index < -0.39 is 0 Å². The summed E-state index contributed by atoms with van der Waals surface area (Å²) in [5.74, 6) is -0.0904. The van der Waals surface area contributed by atoms with Crippen molar-refractivity contribution in [3.63, 3.8) is 0 Å². The molecule has 0 spiro atoms. The van der Waals surface area contributed by atoms with Crippen molar-refractivity contribution < 1.29 is 4.79 Å². The van der Waals surface area contributed by atoms with Crippen LogP contribution in [0.4, 0.5) is 0 Å². The number of benzene rings is 2. The minimum atomic E-state index is -0.0996. The summed E-state index contributed by atoms with van der Waals surface area (Å²) in [5, 5.41) is 3.70. The van der Waals surface area contributed by atoms with E-state index in [-0.39, 0.29) is 11.9 Å². The van der Waals surface area contributed by atoms with Crippen molar-refractivity contribution in [2.45, 2.75) is 12.5 Å². The van der Waals surface area contributed by atoms with Crippen LogP contribution in [0, 0.1) is 0 Å². The minimum absolute atomic E-state index is 0.0904. The molecule has 2 nitrogen and oxygen atoms in total. The molecule has 2 rings (SSSR count). The summed E-state index contributed by atoms with van der Waals surface area (Å²) in [4.78, 5) is 12.2. The molecule has 3 heteroatoms. The van der Waals surface area contributed by atoms with Crippen LogP contribution in [-0.2, 0) is 0 Å². The van der Waals surface area contributed by atoms with Gasteiger partial charge in [-0.2, -0.15) is 0 Å². The lowest BCUT2D eigenvalue weighted by Gasteiger charge is -2.18. The number of carbonyl (C=O) groups excluding carboxylic acids is 1. The van der Waals surface area contributed by atoms with E-state index in [4.69, 9.17) is 11.6 Å². The molecule has 0 bridgehead atoms. The molecule has 1 N–H and O–H groups in total. The van der Waals surface area contributed by atoms with Gasteiger partial charge in [0.1, 0.15) is 0 Å². The standard InChI is InChI=1S/C17H16ClNO/c1-2-6-16(13-9-11-15(18)12-10-13)19-17(20)14-7-4-3-5-8-14/h2-5,7-12,16H,1,6H2,(H,19,20)/t16-/m0/s1. The van der Waals surface area contributed by atoms with Gasteiger partial charge in [-0.05, 0) is 36.2 Å². The van der Waals surface area contributed by atoms with Crippen LogP contribution in [0.2, 0.25) is 5.02 Å². The van der Waals surface area contributed by atoms with Crippen molar-refractivity contribution in [1.82, 2.24) is 5.32 Å². The number of rotatable bonds is 5. The van der Waals surface area contributed by atoms with Gasteiger partial charge in [0.05, 0.1) is 6.04 Å². The van der Waals surface area contributed by atoms with Gasteiger partial charge in [-0.25, -0.2) is 0 Å². The monoisotopic (exact) mass is 285 g/mol. The van der Waals surface area contributed by atoms with E-state index in [9.17, 15) is 4.79 Å². The Labute approximate surface area is 124 Å². The highest BCUT2D eigenvalue weighted by Gasteiger charge is 2.14. The molecule has 2 aromatic rings. The molecular weight excluding hydrogens is 270 g/mol. The number of nitrogens with one attached hydrogen (secondary N) is 1. The second kappa shape index (κ2) is 6.92. The molecule has 0 aliphatic carbocycles. The Morgan fingerprint density at radius 1 is 1.15 bits per heavy atom. The fraction of sp³-hybridized carbons (Fsp3) is 0.118. The molecule has 0 radical (unpaired) electrons. The number of carbonyl (C=O) groups is 1. The zero-order chi connectivity index (χ0) is 14.4. The highest BCUT2D eigenvalue weighted by atomic mass is 35.5. The molecule has 0 aliphatic rings. The molecule has 102 valence electrons. The number of amides is 1. The first kappa shape index (κ1) is 14.4. The van der Waals surface area contributed by atoms with E-state index in [2.05, 4.69) is 11.9 Å². The van der Waals surface area contributed by atoms with Crippen LogP contribution in [0.25, 0.3) is 0 Å². The average Bonchev–Trinajstić information content (AvgIpc) is 2.48. The molecular formula is C17H16ClNO. The lowest BCUT2D eigenvalue weighted by atomic mass is 10.0. The van der Waals surface area contributed by atoms with E-state index in [0.717, 1.165) is 5.56 Å². The lowest BCUT2D eigenvalue weighted by Crippen LogP contribution is -2.28. The maximum absolute atomic E-state index is 12.2. The second-order valence-electron chi connectivity index (χ2n) is 4.47.